The van der Waals surface area contributed by atoms with Crippen molar-refractivity contribution < 1.29 is 48.0 Å². The van der Waals surface area contributed by atoms with Crippen molar-refractivity contribution in [2.45, 2.75) is 0 Å². The van der Waals surface area contributed by atoms with Gasteiger partial charge < -0.3 is 33.3 Å². The van der Waals surface area contributed by atoms with E-state index in [0.29, 0.717) is 5.56 Å². The van der Waals surface area contributed by atoms with Crippen LogP contribution >= 0.6 is 0 Å². The highest BCUT2D eigenvalue weighted by molar-refractivity contribution is 6.03. The molecule has 11 nitrogen and oxygen atoms in total. The number of ether oxygens (including phenoxy) is 1. The van der Waals surface area contributed by atoms with Crippen LogP contribution in [0.1, 0.15) is 0 Å². The zero-order valence-corrected chi connectivity index (χ0v) is 16.3. The fraction of sp³-hybridized carbons (Fsp3) is 0.211. The molecule has 0 aliphatic heterocycles. The van der Waals surface area contributed by atoms with E-state index in [9.17, 15) is 9.90 Å². The quantitative estimate of drug-likeness (QED) is 0.333. The smallest absolute Gasteiger partial charge is 0.257 e. The molecular formula is C19H16O11. The Balaban J connectivity index is 2.09. The van der Waals surface area contributed by atoms with E-state index in [-0.39, 0.29) is 56.6 Å². The second kappa shape index (κ2) is 7.63. The van der Waals surface area contributed by atoms with Gasteiger partial charge in [-0.25, -0.2) is 0 Å². The van der Waals surface area contributed by atoms with E-state index in [1.165, 1.54) is 46.6 Å². The molecule has 30 heavy (non-hydrogen) atoms. The molecule has 11 heteroatoms. The molecule has 0 saturated heterocycles. The number of fused-ring (bicyclic) bond motifs is 2. The lowest BCUT2D eigenvalue weighted by molar-refractivity contribution is -0.183. The third-order valence-electron chi connectivity index (χ3n) is 4.26. The van der Waals surface area contributed by atoms with E-state index < -0.39 is 5.43 Å². The van der Waals surface area contributed by atoms with Crippen LogP contribution in [0.4, 0.5) is 0 Å². The third-order valence-corrected chi connectivity index (χ3v) is 4.26. The Labute approximate surface area is 167 Å². The van der Waals surface area contributed by atoms with Crippen LogP contribution in [0.25, 0.3) is 33.5 Å². The zero-order valence-electron chi connectivity index (χ0n) is 16.3. The summed E-state index contributed by atoms with van der Waals surface area (Å²) < 4.78 is 17.1. The predicted molar refractivity (Wildman–Crippen MR) is 100 cm³/mol. The topological polar surface area (TPSA) is 128 Å². The van der Waals surface area contributed by atoms with Gasteiger partial charge in [-0.1, -0.05) is 0 Å². The first-order valence-corrected chi connectivity index (χ1v) is 8.43. The summed E-state index contributed by atoms with van der Waals surface area (Å²) >= 11 is 0. The minimum atomic E-state index is -0.532. The molecule has 2 aromatic carbocycles. The summed E-state index contributed by atoms with van der Waals surface area (Å²) in [4.78, 5) is 42.4. The molecule has 0 saturated carbocycles. The fourth-order valence-electron chi connectivity index (χ4n) is 3.10. The Bertz CT molecular complexity index is 1250. The molecule has 0 unspecified atom stereocenters. The molecule has 0 fully saturated rings. The lowest BCUT2D eigenvalue weighted by Crippen LogP contribution is -2.11. The maximum Gasteiger partial charge on any atom is 0.257 e. The highest BCUT2D eigenvalue weighted by Gasteiger charge is 2.33. The average Bonchev–Trinajstić information content (AvgIpc) is 2.72. The maximum atomic E-state index is 13.1. The van der Waals surface area contributed by atoms with Crippen LogP contribution in [0.15, 0.2) is 31.8 Å². The Morgan fingerprint density at radius 3 is 2.17 bits per heavy atom. The zero-order chi connectivity index (χ0) is 21.4. The first-order chi connectivity index (χ1) is 14.5. The molecule has 4 aromatic rings. The van der Waals surface area contributed by atoms with Crippen LogP contribution in [0.3, 0.4) is 0 Å². The maximum absolute atomic E-state index is 13.1. The number of rotatable bonds is 8. The van der Waals surface area contributed by atoms with Gasteiger partial charge >= 0.3 is 0 Å². The predicted octanol–water partition coefficient (Wildman–Crippen LogP) is 3.18. The number of phenols is 1. The number of hydrogen-bond donors (Lipinski definition) is 1. The molecule has 0 amide bonds. The van der Waals surface area contributed by atoms with Gasteiger partial charge in [0.15, 0.2) is 17.1 Å². The summed E-state index contributed by atoms with van der Waals surface area (Å²) in [5, 5.41) is 9.93. The summed E-state index contributed by atoms with van der Waals surface area (Å²) in [6.45, 7) is 0. The van der Waals surface area contributed by atoms with Gasteiger partial charge in [-0.05, 0) is 18.2 Å². The first kappa shape index (κ1) is 19.6. The van der Waals surface area contributed by atoms with E-state index in [2.05, 4.69) is 4.89 Å². The number of aromatic hydroxyl groups is 1. The minimum Gasteiger partial charge on any atom is -0.504 e. The SMILES string of the molecule is COOc1cc(-c2oc3c(OC)c(OOC)c4oc2c(=O)c3c4OOC)ccc1O. The Morgan fingerprint density at radius 1 is 0.800 bits per heavy atom. The Morgan fingerprint density at radius 2 is 1.50 bits per heavy atom. The highest BCUT2D eigenvalue weighted by Crippen LogP contribution is 2.49. The molecular weight excluding hydrogens is 404 g/mol. The van der Waals surface area contributed by atoms with Gasteiger partial charge in [0, 0.05) is 5.56 Å². The van der Waals surface area contributed by atoms with Gasteiger partial charge in [-0.3, -0.25) is 4.79 Å². The number of methoxy groups -OCH3 is 1. The molecule has 2 heterocycles. The summed E-state index contributed by atoms with van der Waals surface area (Å²) in [6, 6.07) is 4.27. The second-order valence-electron chi connectivity index (χ2n) is 5.85. The van der Waals surface area contributed by atoms with Gasteiger partial charge in [-0.2, -0.15) is 14.7 Å². The molecule has 4 rings (SSSR count). The van der Waals surface area contributed by atoms with Crippen molar-refractivity contribution in [2.75, 3.05) is 28.4 Å². The molecule has 3 bridgehead atoms. The molecule has 0 aliphatic rings. The number of hydrogen-bond acceptors (Lipinski definition) is 11. The van der Waals surface area contributed by atoms with Gasteiger partial charge in [-0.15, -0.1) is 0 Å². The van der Waals surface area contributed by atoms with Crippen molar-refractivity contribution in [1.82, 2.24) is 0 Å². The van der Waals surface area contributed by atoms with Crippen LogP contribution in [-0.4, -0.2) is 33.5 Å². The summed E-state index contributed by atoms with van der Waals surface area (Å²) in [5.41, 5.74) is -0.308. The van der Waals surface area contributed by atoms with Crippen LogP contribution in [0.2, 0.25) is 0 Å². The van der Waals surface area contributed by atoms with E-state index in [4.69, 9.17) is 38.0 Å². The van der Waals surface area contributed by atoms with Crippen molar-refractivity contribution in [2.24, 2.45) is 0 Å². The number of phenolic OH excluding ortho intramolecular Hbond substituents is 1. The third kappa shape index (κ3) is 2.84. The summed E-state index contributed by atoms with van der Waals surface area (Å²) in [7, 11) is 5.19. The van der Waals surface area contributed by atoms with E-state index in [1.54, 1.807) is 0 Å². The number of benzene rings is 2. The molecule has 1 N–H and O–H groups in total. The molecule has 0 radical (unpaired) electrons. The fourth-order valence-corrected chi connectivity index (χ4v) is 3.10. The van der Waals surface area contributed by atoms with Crippen LogP contribution in [0, 0.1) is 0 Å². The Kier molecular flexibility index (Phi) is 4.99. The monoisotopic (exact) mass is 420 g/mol. The van der Waals surface area contributed by atoms with Crippen molar-refractivity contribution in [3.63, 3.8) is 0 Å². The molecule has 0 atom stereocenters. The Hall–Kier alpha value is -3.67. The van der Waals surface area contributed by atoms with Crippen LogP contribution < -0.4 is 24.8 Å². The van der Waals surface area contributed by atoms with Crippen molar-refractivity contribution >= 4 is 22.1 Å². The van der Waals surface area contributed by atoms with Crippen molar-refractivity contribution in [3.8, 4) is 40.1 Å². The van der Waals surface area contributed by atoms with Crippen LogP contribution in [-0.2, 0) is 14.7 Å². The molecule has 0 aliphatic carbocycles. The van der Waals surface area contributed by atoms with E-state index in [1.807, 2.05) is 0 Å². The van der Waals surface area contributed by atoms with E-state index >= 15 is 0 Å². The van der Waals surface area contributed by atoms with Gasteiger partial charge in [0.05, 0.1) is 28.4 Å². The molecule has 2 aromatic heterocycles. The average molecular weight is 420 g/mol. The largest absolute Gasteiger partial charge is 0.504 e. The van der Waals surface area contributed by atoms with Crippen LogP contribution in [0.5, 0.6) is 28.7 Å². The lowest BCUT2D eigenvalue weighted by Gasteiger charge is -2.17. The van der Waals surface area contributed by atoms with E-state index in [0.717, 1.165) is 0 Å². The minimum absolute atomic E-state index is 0.00292. The lowest BCUT2D eigenvalue weighted by atomic mass is 10.1. The summed E-state index contributed by atoms with van der Waals surface area (Å²) in [6.07, 6.45) is 0. The van der Waals surface area contributed by atoms with Gasteiger partial charge in [0.2, 0.25) is 33.8 Å². The normalized spacial score (nSPS) is 11.3. The second-order valence-corrected chi connectivity index (χ2v) is 5.85. The molecule has 158 valence electrons. The van der Waals surface area contributed by atoms with Crippen molar-refractivity contribution in [1.29, 1.82) is 0 Å². The first-order valence-electron chi connectivity index (χ1n) is 8.43. The highest BCUT2D eigenvalue weighted by atomic mass is 17.2. The van der Waals surface area contributed by atoms with Gasteiger partial charge in [0.25, 0.3) is 5.75 Å². The molecule has 0 spiro atoms. The van der Waals surface area contributed by atoms with Gasteiger partial charge in [0.1, 0.15) is 5.39 Å². The summed E-state index contributed by atoms with van der Waals surface area (Å²) in [5.74, 6) is -0.132. The van der Waals surface area contributed by atoms with Crippen molar-refractivity contribution in [3.05, 3.63) is 28.4 Å². The standard InChI is InChI=1S/C19H16O11/c1-22-17-14-11-12(21)16(27-18(15(11)29-24-3)19(17)30-25-4)13(26-14)8-5-6-9(20)10(7-8)28-23-2/h5-7,20H,1-4H3.